The molecule has 0 aliphatic rings. The van der Waals surface area contributed by atoms with Crippen LogP contribution in [0.25, 0.3) is 0 Å². The van der Waals surface area contributed by atoms with Crippen molar-refractivity contribution in [2.45, 2.75) is 19.4 Å². The lowest BCUT2D eigenvalue weighted by Gasteiger charge is -2.19. The van der Waals surface area contributed by atoms with Crippen LogP contribution in [0.15, 0.2) is 42.5 Å². The summed E-state index contributed by atoms with van der Waals surface area (Å²) in [7, 11) is 2.88. The van der Waals surface area contributed by atoms with Crippen LogP contribution in [0.4, 0.5) is 4.39 Å². The fourth-order valence-electron chi connectivity index (χ4n) is 2.64. The van der Waals surface area contributed by atoms with Gasteiger partial charge >= 0.3 is 5.97 Å². The number of amides is 1. The number of rotatable bonds is 8. The summed E-state index contributed by atoms with van der Waals surface area (Å²) in [5.41, 5.74) is 1.05. The summed E-state index contributed by atoms with van der Waals surface area (Å²) < 4.78 is 23.8. The normalized spacial score (nSPS) is 12.7. The molecule has 144 valence electrons. The van der Waals surface area contributed by atoms with Crippen molar-refractivity contribution < 1.29 is 28.6 Å². The van der Waals surface area contributed by atoms with Crippen molar-refractivity contribution in [1.82, 2.24) is 5.32 Å². The third-order valence-corrected chi connectivity index (χ3v) is 4.19. The van der Waals surface area contributed by atoms with Gasteiger partial charge < -0.3 is 19.9 Å². The smallest absolute Gasteiger partial charge is 0.330 e. The second-order valence-electron chi connectivity index (χ2n) is 6.13. The Balaban J connectivity index is 2.09. The van der Waals surface area contributed by atoms with Crippen LogP contribution in [0.1, 0.15) is 24.1 Å². The monoisotopic (exact) mass is 375 g/mol. The van der Waals surface area contributed by atoms with E-state index in [1.165, 1.54) is 19.2 Å². The summed E-state index contributed by atoms with van der Waals surface area (Å²) in [5, 5.41) is 11.9. The number of carbonyl (C=O) groups is 2. The molecule has 6 nitrogen and oxygen atoms in total. The minimum Gasteiger partial charge on any atom is -0.497 e. The number of halogens is 1. The van der Waals surface area contributed by atoms with Gasteiger partial charge in [-0.25, -0.2) is 9.18 Å². The predicted octanol–water partition coefficient (Wildman–Crippen LogP) is 2.96. The Labute approximate surface area is 156 Å². The van der Waals surface area contributed by atoms with Gasteiger partial charge in [0, 0.05) is 5.92 Å². The number of carbonyl (C=O) groups excluding carboxylic acids is 1. The molecule has 2 aromatic carbocycles. The number of aliphatic carboxylic acids is 1. The second-order valence-corrected chi connectivity index (χ2v) is 6.13. The van der Waals surface area contributed by atoms with E-state index in [0.29, 0.717) is 12.2 Å². The highest BCUT2D eigenvalue weighted by atomic mass is 19.1. The van der Waals surface area contributed by atoms with Gasteiger partial charge in [-0.2, -0.15) is 0 Å². The lowest BCUT2D eigenvalue weighted by atomic mass is 9.99. The molecule has 2 aromatic rings. The van der Waals surface area contributed by atoms with Gasteiger partial charge in [-0.3, -0.25) is 4.79 Å². The predicted molar refractivity (Wildman–Crippen MR) is 97.3 cm³/mol. The molecule has 0 heterocycles. The maximum atomic E-state index is 13.9. The molecule has 2 unspecified atom stereocenters. The lowest BCUT2D eigenvalue weighted by Crippen LogP contribution is -2.37. The molecule has 27 heavy (non-hydrogen) atoms. The van der Waals surface area contributed by atoms with Crippen LogP contribution in [0.3, 0.4) is 0 Å². The Bertz CT molecular complexity index is 807. The molecule has 0 saturated heterocycles. The van der Waals surface area contributed by atoms with Gasteiger partial charge in [-0.05, 0) is 41.8 Å². The molecule has 0 bridgehead atoms. The fourth-order valence-corrected chi connectivity index (χ4v) is 2.64. The standard InChI is InChI=1S/C20H22FNO5/c1-12(10-13-4-7-15(26-2)8-5-13)19(23)22-18(20(24)25)14-6-9-17(27-3)16(21)11-14/h4-9,11-12,18H,10H2,1-3H3,(H,22,23)(H,24,25). The number of nitrogens with one attached hydrogen (secondary N) is 1. The van der Waals surface area contributed by atoms with Crippen molar-refractivity contribution in [2.24, 2.45) is 5.92 Å². The minimum absolute atomic E-state index is 0.00193. The Morgan fingerprint density at radius 2 is 1.78 bits per heavy atom. The van der Waals surface area contributed by atoms with Crippen LogP contribution < -0.4 is 14.8 Å². The molecular weight excluding hydrogens is 353 g/mol. The van der Waals surface area contributed by atoms with E-state index in [0.717, 1.165) is 11.6 Å². The number of ether oxygens (including phenoxy) is 2. The van der Waals surface area contributed by atoms with Gasteiger partial charge in [0.15, 0.2) is 17.6 Å². The van der Waals surface area contributed by atoms with Crippen molar-refractivity contribution in [1.29, 1.82) is 0 Å². The Hall–Kier alpha value is -3.09. The van der Waals surface area contributed by atoms with Gasteiger partial charge in [-0.1, -0.05) is 25.1 Å². The van der Waals surface area contributed by atoms with Gasteiger partial charge in [0.2, 0.25) is 5.91 Å². The molecule has 2 N–H and O–H groups in total. The molecule has 0 aliphatic heterocycles. The van der Waals surface area contributed by atoms with E-state index in [4.69, 9.17) is 9.47 Å². The SMILES string of the molecule is COc1ccc(CC(C)C(=O)NC(C(=O)O)c2ccc(OC)c(F)c2)cc1. The molecule has 0 spiro atoms. The first-order valence-corrected chi connectivity index (χ1v) is 8.35. The zero-order valence-corrected chi connectivity index (χ0v) is 15.4. The van der Waals surface area contributed by atoms with Crippen LogP contribution >= 0.6 is 0 Å². The van der Waals surface area contributed by atoms with Crippen molar-refractivity contribution in [3.63, 3.8) is 0 Å². The van der Waals surface area contributed by atoms with Gasteiger partial charge in [0.05, 0.1) is 14.2 Å². The van der Waals surface area contributed by atoms with E-state index in [1.807, 2.05) is 12.1 Å². The Kier molecular flexibility index (Phi) is 6.76. The molecule has 0 saturated carbocycles. The van der Waals surface area contributed by atoms with Crippen molar-refractivity contribution >= 4 is 11.9 Å². The van der Waals surface area contributed by atoms with E-state index < -0.39 is 29.7 Å². The third-order valence-electron chi connectivity index (χ3n) is 4.19. The maximum absolute atomic E-state index is 13.9. The number of benzene rings is 2. The zero-order chi connectivity index (χ0) is 20.0. The summed E-state index contributed by atoms with van der Waals surface area (Å²) in [6.07, 6.45) is 0.430. The Morgan fingerprint density at radius 1 is 1.11 bits per heavy atom. The highest BCUT2D eigenvalue weighted by Gasteiger charge is 2.25. The number of hydrogen-bond acceptors (Lipinski definition) is 4. The van der Waals surface area contributed by atoms with E-state index in [-0.39, 0.29) is 11.3 Å². The zero-order valence-electron chi connectivity index (χ0n) is 15.4. The largest absolute Gasteiger partial charge is 0.497 e. The minimum atomic E-state index is -1.35. The molecule has 0 aliphatic carbocycles. The van der Waals surface area contributed by atoms with Crippen LogP contribution in [-0.4, -0.2) is 31.2 Å². The van der Waals surface area contributed by atoms with E-state index in [1.54, 1.807) is 26.2 Å². The van der Waals surface area contributed by atoms with Gasteiger partial charge in [0.25, 0.3) is 0 Å². The quantitative estimate of drug-likeness (QED) is 0.741. The van der Waals surface area contributed by atoms with E-state index in [2.05, 4.69) is 5.32 Å². The number of carboxylic acid groups (broad SMARTS) is 1. The molecule has 2 atom stereocenters. The third kappa shape index (κ3) is 5.20. The lowest BCUT2D eigenvalue weighted by molar-refractivity contribution is -0.142. The van der Waals surface area contributed by atoms with Gasteiger partial charge in [0.1, 0.15) is 5.75 Å². The summed E-state index contributed by atoms with van der Waals surface area (Å²) >= 11 is 0. The molecule has 1 amide bonds. The van der Waals surface area contributed by atoms with Crippen LogP contribution in [0.5, 0.6) is 11.5 Å². The highest BCUT2D eigenvalue weighted by Crippen LogP contribution is 2.23. The van der Waals surface area contributed by atoms with E-state index in [9.17, 15) is 19.1 Å². The van der Waals surface area contributed by atoms with E-state index >= 15 is 0 Å². The van der Waals surface area contributed by atoms with Gasteiger partial charge in [-0.15, -0.1) is 0 Å². The summed E-state index contributed by atoms with van der Waals surface area (Å²) in [4.78, 5) is 24.0. The first-order valence-electron chi connectivity index (χ1n) is 8.35. The average molecular weight is 375 g/mol. The molecule has 2 rings (SSSR count). The highest BCUT2D eigenvalue weighted by molar-refractivity contribution is 5.85. The number of carboxylic acids is 1. The van der Waals surface area contributed by atoms with Crippen molar-refractivity contribution in [2.75, 3.05) is 14.2 Å². The average Bonchev–Trinajstić information content (AvgIpc) is 2.66. The van der Waals surface area contributed by atoms with Crippen LogP contribution in [0, 0.1) is 11.7 Å². The number of methoxy groups -OCH3 is 2. The Morgan fingerprint density at radius 3 is 2.30 bits per heavy atom. The summed E-state index contributed by atoms with van der Waals surface area (Å²) in [6.45, 7) is 1.70. The van der Waals surface area contributed by atoms with Crippen LogP contribution in [-0.2, 0) is 16.0 Å². The maximum Gasteiger partial charge on any atom is 0.330 e. The molecule has 0 aromatic heterocycles. The van der Waals surface area contributed by atoms with Crippen molar-refractivity contribution in [3.8, 4) is 11.5 Å². The first-order chi connectivity index (χ1) is 12.8. The molecule has 0 radical (unpaired) electrons. The molecule has 0 fully saturated rings. The molecular formula is C20H22FNO5. The summed E-state index contributed by atoms with van der Waals surface area (Å²) in [6, 6.07) is 9.71. The molecule has 7 heteroatoms. The first kappa shape index (κ1) is 20.2. The second kappa shape index (κ2) is 9.02. The topological polar surface area (TPSA) is 84.9 Å². The summed E-state index contributed by atoms with van der Waals surface area (Å²) in [5.74, 6) is -2.16. The number of hydrogen-bond donors (Lipinski definition) is 2. The fraction of sp³-hybridized carbons (Fsp3) is 0.300. The van der Waals surface area contributed by atoms with Crippen LogP contribution in [0.2, 0.25) is 0 Å². The van der Waals surface area contributed by atoms with Crippen molar-refractivity contribution in [3.05, 3.63) is 59.4 Å².